The van der Waals surface area contributed by atoms with Crippen molar-refractivity contribution in [3.63, 3.8) is 0 Å². The number of carbonyl (C=O) groups is 2. The number of rotatable bonds is 8. The first-order chi connectivity index (χ1) is 10.6. The topological polar surface area (TPSA) is 79.5 Å². The van der Waals surface area contributed by atoms with Crippen LogP contribution in [0.1, 0.15) is 35.8 Å². The van der Waals surface area contributed by atoms with E-state index in [9.17, 15) is 9.59 Å². The Balaban J connectivity index is 2.05. The Hall–Kier alpha value is -1.79. The molecule has 0 spiro atoms. The van der Waals surface area contributed by atoms with Gasteiger partial charge in [-0.05, 0) is 38.1 Å². The highest BCUT2D eigenvalue weighted by molar-refractivity contribution is 5.76. The van der Waals surface area contributed by atoms with Crippen molar-refractivity contribution in [2.24, 2.45) is 5.73 Å². The average molecular weight is 304 g/mol. The van der Waals surface area contributed by atoms with E-state index in [1.807, 2.05) is 4.90 Å². The van der Waals surface area contributed by atoms with Crippen LogP contribution in [0, 0.1) is 0 Å². The zero-order valence-corrected chi connectivity index (χ0v) is 13.1. The van der Waals surface area contributed by atoms with E-state index < -0.39 is 0 Å². The summed E-state index contributed by atoms with van der Waals surface area (Å²) in [6, 6.07) is 3.89. The van der Waals surface area contributed by atoms with Crippen molar-refractivity contribution in [3.8, 4) is 0 Å². The van der Waals surface area contributed by atoms with E-state index >= 15 is 0 Å². The molecule has 2 N–H and O–H groups in total. The van der Waals surface area contributed by atoms with Crippen LogP contribution < -0.4 is 5.73 Å². The fourth-order valence-corrected chi connectivity index (χ4v) is 3.11. The number of nitrogens with two attached hydrogens (primary N) is 1. The van der Waals surface area contributed by atoms with Gasteiger partial charge in [0, 0.05) is 30.9 Å². The summed E-state index contributed by atoms with van der Waals surface area (Å²) < 4.78 is 0. The summed E-state index contributed by atoms with van der Waals surface area (Å²) >= 11 is 0. The highest BCUT2D eigenvalue weighted by Gasteiger charge is 2.25. The van der Waals surface area contributed by atoms with Crippen LogP contribution in [-0.2, 0) is 11.3 Å². The second kappa shape index (κ2) is 8.00. The molecule has 120 valence electrons. The van der Waals surface area contributed by atoms with E-state index in [1.165, 1.54) is 6.42 Å². The zero-order chi connectivity index (χ0) is 15.9. The fraction of sp³-hybridized carbons (Fsp3) is 0.562. The number of amides is 1. The molecule has 1 aliphatic rings. The minimum absolute atomic E-state index is 0.209. The molecule has 0 bridgehead atoms. The van der Waals surface area contributed by atoms with Crippen LogP contribution in [0.3, 0.4) is 0 Å². The minimum Gasteiger partial charge on any atom is -0.369 e. The number of nitrogens with zero attached hydrogens (tertiary/aromatic N) is 3. The summed E-state index contributed by atoms with van der Waals surface area (Å²) in [6.45, 7) is 5.83. The third-order valence-corrected chi connectivity index (χ3v) is 4.12. The number of pyridine rings is 1. The van der Waals surface area contributed by atoms with Crippen molar-refractivity contribution in [2.75, 3.05) is 26.2 Å². The Kier molecular flexibility index (Phi) is 6.03. The number of aromatic nitrogens is 1. The Morgan fingerprint density at radius 1 is 1.59 bits per heavy atom. The van der Waals surface area contributed by atoms with Gasteiger partial charge in [0.05, 0.1) is 12.2 Å². The van der Waals surface area contributed by atoms with Crippen LogP contribution in [-0.4, -0.2) is 59.2 Å². The smallest absolute Gasteiger partial charge is 0.231 e. The molecule has 6 nitrogen and oxygen atoms in total. The Bertz CT molecular complexity index is 521. The third-order valence-electron chi connectivity index (χ3n) is 4.12. The molecule has 0 saturated carbocycles. The van der Waals surface area contributed by atoms with Crippen molar-refractivity contribution in [1.29, 1.82) is 0 Å². The molecule has 1 fully saturated rings. The van der Waals surface area contributed by atoms with Gasteiger partial charge in [0.2, 0.25) is 5.91 Å². The van der Waals surface area contributed by atoms with Gasteiger partial charge in [-0.2, -0.15) is 0 Å². The maximum absolute atomic E-state index is 11.3. The van der Waals surface area contributed by atoms with Crippen LogP contribution in [0.4, 0.5) is 0 Å². The van der Waals surface area contributed by atoms with Crippen molar-refractivity contribution < 1.29 is 9.59 Å². The quantitative estimate of drug-likeness (QED) is 0.714. The highest BCUT2D eigenvalue weighted by Crippen LogP contribution is 2.18. The SMILES string of the molecule is CCN1CCCC1CN(CC(N)=O)Cc1cc(C=O)ccn1. The van der Waals surface area contributed by atoms with Gasteiger partial charge in [-0.15, -0.1) is 0 Å². The van der Waals surface area contributed by atoms with Crippen LogP contribution in [0.15, 0.2) is 18.3 Å². The van der Waals surface area contributed by atoms with Gasteiger partial charge in [-0.1, -0.05) is 6.92 Å². The van der Waals surface area contributed by atoms with Crippen LogP contribution >= 0.6 is 0 Å². The molecule has 0 aliphatic carbocycles. The van der Waals surface area contributed by atoms with E-state index in [-0.39, 0.29) is 12.5 Å². The van der Waals surface area contributed by atoms with E-state index in [0.29, 0.717) is 18.2 Å². The molecule has 1 unspecified atom stereocenters. The fourth-order valence-electron chi connectivity index (χ4n) is 3.11. The monoisotopic (exact) mass is 304 g/mol. The summed E-state index contributed by atoms with van der Waals surface area (Å²) in [4.78, 5) is 30.9. The van der Waals surface area contributed by atoms with Gasteiger partial charge in [-0.3, -0.25) is 24.4 Å². The number of primary amides is 1. The van der Waals surface area contributed by atoms with Crippen molar-refractivity contribution in [1.82, 2.24) is 14.8 Å². The number of aldehydes is 1. The van der Waals surface area contributed by atoms with Gasteiger partial charge >= 0.3 is 0 Å². The first-order valence-electron chi connectivity index (χ1n) is 7.77. The average Bonchev–Trinajstić information content (AvgIpc) is 2.94. The Morgan fingerprint density at radius 3 is 3.09 bits per heavy atom. The summed E-state index contributed by atoms with van der Waals surface area (Å²) in [5.74, 6) is -0.340. The van der Waals surface area contributed by atoms with Gasteiger partial charge in [-0.25, -0.2) is 0 Å². The lowest BCUT2D eigenvalue weighted by molar-refractivity contribution is -0.119. The maximum atomic E-state index is 11.3. The minimum atomic E-state index is -0.340. The van der Waals surface area contributed by atoms with Crippen molar-refractivity contribution in [3.05, 3.63) is 29.6 Å². The second-order valence-electron chi connectivity index (χ2n) is 5.76. The van der Waals surface area contributed by atoms with Gasteiger partial charge in [0.1, 0.15) is 6.29 Å². The van der Waals surface area contributed by atoms with Gasteiger partial charge in [0.15, 0.2) is 0 Å². The predicted molar refractivity (Wildman–Crippen MR) is 84.4 cm³/mol. The molecule has 1 aromatic rings. The Morgan fingerprint density at radius 2 is 2.41 bits per heavy atom. The molecule has 2 rings (SSSR count). The lowest BCUT2D eigenvalue weighted by Crippen LogP contribution is -2.43. The molecular weight excluding hydrogens is 280 g/mol. The standard InChI is InChI=1S/C16H24N4O2/c1-2-20-7-3-4-15(20)10-19(11-16(17)22)9-14-8-13(12-21)5-6-18-14/h5-6,8,12,15H,2-4,7,9-11H2,1H3,(H2,17,22). The molecule has 2 heterocycles. The molecule has 1 aliphatic heterocycles. The molecule has 1 aromatic heterocycles. The van der Waals surface area contributed by atoms with Crippen molar-refractivity contribution >= 4 is 12.2 Å². The summed E-state index contributed by atoms with van der Waals surface area (Å²) in [5, 5.41) is 0. The van der Waals surface area contributed by atoms with E-state index in [0.717, 1.165) is 38.0 Å². The van der Waals surface area contributed by atoms with Gasteiger partial charge < -0.3 is 5.73 Å². The number of carbonyl (C=O) groups excluding carboxylic acids is 2. The largest absolute Gasteiger partial charge is 0.369 e. The molecular formula is C16H24N4O2. The summed E-state index contributed by atoms with van der Waals surface area (Å²) in [7, 11) is 0. The van der Waals surface area contributed by atoms with Crippen LogP contribution in [0.2, 0.25) is 0 Å². The number of likely N-dealkylation sites (N-methyl/N-ethyl adjacent to an activating group) is 1. The molecule has 0 radical (unpaired) electrons. The van der Waals surface area contributed by atoms with E-state index in [1.54, 1.807) is 18.3 Å². The molecule has 1 amide bonds. The van der Waals surface area contributed by atoms with Crippen LogP contribution in [0.25, 0.3) is 0 Å². The number of hydrogen-bond acceptors (Lipinski definition) is 5. The molecule has 6 heteroatoms. The van der Waals surface area contributed by atoms with Gasteiger partial charge in [0.25, 0.3) is 0 Å². The lowest BCUT2D eigenvalue weighted by Gasteiger charge is -2.29. The maximum Gasteiger partial charge on any atom is 0.231 e. The molecule has 1 saturated heterocycles. The lowest BCUT2D eigenvalue weighted by atomic mass is 10.2. The zero-order valence-electron chi connectivity index (χ0n) is 13.1. The van der Waals surface area contributed by atoms with E-state index in [2.05, 4.69) is 16.8 Å². The first kappa shape index (κ1) is 16.6. The first-order valence-corrected chi connectivity index (χ1v) is 7.77. The Labute approximate surface area is 131 Å². The second-order valence-corrected chi connectivity index (χ2v) is 5.76. The summed E-state index contributed by atoms with van der Waals surface area (Å²) in [5.41, 5.74) is 6.76. The predicted octanol–water partition coefficient (Wildman–Crippen LogP) is 0.666. The molecule has 0 aromatic carbocycles. The molecule has 1 atom stereocenters. The normalized spacial score (nSPS) is 18.7. The van der Waals surface area contributed by atoms with E-state index in [4.69, 9.17) is 5.73 Å². The number of hydrogen-bond donors (Lipinski definition) is 1. The molecule has 22 heavy (non-hydrogen) atoms. The highest BCUT2D eigenvalue weighted by atomic mass is 16.1. The number of likely N-dealkylation sites (tertiary alicyclic amines) is 1. The summed E-state index contributed by atoms with van der Waals surface area (Å²) in [6.07, 6.45) is 4.77. The van der Waals surface area contributed by atoms with Crippen molar-refractivity contribution in [2.45, 2.75) is 32.4 Å². The van der Waals surface area contributed by atoms with Crippen LogP contribution in [0.5, 0.6) is 0 Å². The third kappa shape index (κ3) is 4.61.